The monoisotopic (exact) mass is 403 g/mol. The van der Waals surface area contributed by atoms with E-state index in [1.165, 1.54) is 9.36 Å². The van der Waals surface area contributed by atoms with Crippen molar-refractivity contribution in [1.82, 2.24) is 24.1 Å². The lowest BCUT2D eigenvalue weighted by molar-refractivity contribution is 0.0405. The average Bonchev–Trinajstić information content (AvgIpc) is 3.07. The fourth-order valence-corrected chi connectivity index (χ4v) is 4.43. The van der Waals surface area contributed by atoms with Gasteiger partial charge in [-0.05, 0) is 30.7 Å². The first-order valence-electron chi connectivity index (χ1n) is 9.94. The number of aromatic nitrogens is 3. The molecule has 0 spiro atoms. The molecule has 8 nitrogen and oxygen atoms in total. The van der Waals surface area contributed by atoms with E-state index in [0.29, 0.717) is 12.2 Å². The molecule has 3 atom stereocenters. The van der Waals surface area contributed by atoms with E-state index in [1.807, 2.05) is 55.5 Å². The highest BCUT2D eigenvalue weighted by Crippen LogP contribution is 2.44. The Balaban J connectivity index is 1.75. The molecule has 0 radical (unpaired) electrons. The summed E-state index contributed by atoms with van der Waals surface area (Å²) < 4.78 is 4.03. The number of carbonyl (C=O) groups is 1. The number of carbonyl (C=O) groups excluding carboxylic acids is 1. The maximum absolute atomic E-state index is 13.4. The number of nitrogens with zero attached hydrogens (tertiary/aromatic N) is 4. The topological polar surface area (TPSA) is 81.3 Å². The van der Waals surface area contributed by atoms with Gasteiger partial charge < -0.3 is 5.32 Å². The number of urea groups is 1. The van der Waals surface area contributed by atoms with Gasteiger partial charge in [0.15, 0.2) is 0 Å². The van der Waals surface area contributed by atoms with E-state index in [2.05, 4.69) is 5.32 Å². The minimum atomic E-state index is -0.697. The zero-order valence-corrected chi connectivity index (χ0v) is 16.4. The van der Waals surface area contributed by atoms with Crippen LogP contribution < -0.4 is 16.7 Å². The van der Waals surface area contributed by atoms with Gasteiger partial charge in [0.25, 0.3) is 0 Å². The summed E-state index contributed by atoms with van der Waals surface area (Å²) in [5.41, 5.74) is 0.525. The van der Waals surface area contributed by atoms with Crippen molar-refractivity contribution in [3.8, 4) is 5.69 Å². The molecule has 4 heterocycles. The summed E-state index contributed by atoms with van der Waals surface area (Å²) in [7, 11) is 0. The Morgan fingerprint density at radius 2 is 1.53 bits per heavy atom. The van der Waals surface area contributed by atoms with Crippen LogP contribution in [-0.2, 0) is 0 Å². The molecule has 0 aliphatic carbocycles. The third-order valence-corrected chi connectivity index (χ3v) is 5.65. The van der Waals surface area contributed by atoms with Gasteiger partial charge in [-0.2, -0.15) is 0 Å². The van der Waals surface area contributed by atoms with Crippen LogP contribution in [0.15, 0.2) is 82.4 Å². The maximum Gasteiger partial charge on any atom is 0.354 e. The van der Waals surface area contributed by atoms with E-state index < -0.39 is 29.6 Å². The van der Waals surface area contributed by atoms with Crippen molar-refractivity contribution in [2.45, 2.75) is 25.2 Å². The van der Waals surface area contributed by atoms with E-state index in [9.17, 15) is 14.4 Å². The second kappa shape index (κ2) is 6.91. The van der Waals surface area contributed by atoms with Gasteiger partial charge in [0.2, 0.25) is 0 Å². The number of para-hydroxylation sites is 1. The van der Waals surface area contributed by atoms with Crippen LogP contribution in [0.5, 0.6) is 0 Å². The number of nitrogens with one attached hydrogen (secondary N) is 1. The molecule has 1 aromatic heterocycles. The van der Waals surface area contributed by atoms with Gasteiger partial charge in [-0.15, -0.1) is 0 Å². The molecule has 30 heavy (non-hydrogen) atoms. The number of hydrogen-bond acceptors (Lipinski definition) is 3. The van der Waals surface area contributed by atoms with E-state index in [1.54, 1.807) is 29.2 Å². The zero-order valence-electron chi connectivity index (χ0n) is 16.4. The number of amides is 2. The SMILES string of the molecule is CCNC(=O)N1[C@H]2C=C[C@H]([C@@H]1c1ccccc1)n1c(=O)n(-c3ccccc3)c(=O)n12. The smallest absolute Gasteiger partial charge is 0.338 e. The largest absolute Gasteiger partial charge is 0.354 e. The van der Waals surface area contributed by atoms with Crippen molar-refractivity contribution in [1.29, 1.82) is 0 Å². The molecular weight excluding hydrogens is 382 g/mol. The maximum atomic E-state index is 13.4. The van der Waals surface area contributed by atoms with E-state index in [4.69, 9.17) is 0 Å². The molecule has 1 N–H and O–H groups in total. The summed E-state index contributed by atoms with van der Waals surface area (Å²) in [6.45, 7) is 2.31. The van der Waals surface area contributed by atoms with Crippen LogP contribution in [0.1, 0.15) is 30.7 Å². The van der Waals surface area contributed by atoms with Crippen molar-refractivity contribution < 1.29 is 4.79 Å². The van der Waals surface area contributed by atoms with Crippen LogP contribution in [-0.4, -0.2) is 31.4 Å². The predicted molar refractivity (Wildman–Crippen MR) is 112 cm³/mol. The summed E-state index contributed by atoms with van der Waals surface area (Å²) in [4.78, 5) is 41.3. The Bertz CT molecular complexity index is 1240. The Kier molecular flexibility index (Phi) is 4.20. The van der Waals surface area contributed by atoms with Gasteiger partial charge in [-0.1, -0.05) is 54.6 Å². The van der Waals surface area contributed by atoms with E-state index in [0.717, 1.165) is 10.1 Å². The zero-order chi connectivity index (χ0) is 20.8. The van der Waals surface area contributed by atoms with Crippen molar-refractivity contribution in [3.05, 3.63) is 99.3 Å². The summed E-state index contributed by atoms with van der Waals surface area (Å²) in [5.74, 6) is 0. The molecule has 3 aliphatic rings. The summed E-state index contributed by atoms with van der Waals surface area (Å²) in [5, 5.41) is 2.85. The van der Waals surface area contributed by atoms with Gasteiger partial charge in [-0.25, -0.2) is 28.3 Å². The molecule has 2 amide bonds. The van der Waals surface area contributed by atoms with Crippen LogP contribution in [0.2, 0.25) is 0 Å². The Labute approximate surface area is 172 Å². The van der Waals surface area contributed by atoms with Crippen LogP contribution in [0.3, 0.4) is 0 Å². The molecule has 2 bridgehead atoms. The quantitative estimate of drug-likeness (QED) is 0.681. The fourth-order valence-electron chi connectivity index (χ4n) is 4.43. The van der Waals surface area contributed by atoms with E-state index in [-0.39, 0.29) is 6.03 Å². The summed E-state index contributed by atoms with van der Waals surface area (Å²) >= 11 is 0. The lowest BCUT2D eigenvalue weighted by Crippen LogP contribution is -2.57. The van der Waals surface area contributed by atoms with Crippen molar-refractivity contribution in [2.75, 3.05) is 6.54 Å². The standard InChI is InChI=1S/C22H21N5O3/c1-2-23-20(28)25-18-14-13-17(19(25)15-9-5-3-6-10-15)26-21(29)24(22(30)27(18)26)16-11-7-4-8-12-16/h3-14,17-19H,2H2,1H3,(H,23,28)/t17-,18-,19+/m1/s1. The molecular formula is C22H21N5O3. The van der Waals surface area contributed by atoms with Gasteiger partial charge in [0, 0.05) is 6.54 Å². The first-order valence-corrected chi connectivity index (χ1v) is 9.94. The third-order valence-electron chi connectivity index (χ3n) is 5.65. The molecule has 0 fully saturated rings. The Hall–Kier alpha value is -3.81. The number of rotatable bonds is 3. The molecule has 0 saturated heterocycles. The average molecular weight is 403 g/mol. The van der Waals surface area contributed by atoms with Crippen molar-refractivity contribution in [2.24, 2.45) is 0 Å². The highest BCUT2D eigenvalue weighted by atomic mass is 16.2. The molecule has 2 aromatic carbocycles. The van der Waals surface area contributed by atoms with Crippen molar-refractivity contribution >= 4 is 6.03 Å². The second-order valence-corrected chi connectivity index (χ2v) is 7.31. The van der Waals surface area contributed by atoms with Gasteiger partial charge in [0.1, 0.15) is 6.17 Å². The number of fused-ring (bicyclic) bond motifs is 1. The molecule has 0 saturated carbocycles. The molecule has 0 unspecified atom stereocenters. The van der Waals surface area contributed by atoms with Crippen LogP contribution in [0.4, 0.5) is 4.79 Å². The fraction of sp³-hybridized carbons (Fsp3) is 0.227. The number of benzene rings is 2. The third kappa shape index (κ3) is 2.50. The molecule has 8 heteroatoms. The molecule has 6 rings (SSSR count). The van der Waals surface area contributed by atoms with Gasteiger partial charge in [0.05, 0.1) is 17.8 Å². The van der Waals surface area contributed by atoms with Crippen LogP contribution in [0.25, 0.3) is 5.69 Å². The normalized spacial score (nSPS) is 21.5. The van der Waals surface area contributed by atoms with Gasteiger partial charge in [-0.3, -0.25) is 4.90 Å². The minimum Gasteiger partial charge on any atom is -0.338 e. The summed E-state index contributed by atoms with van der Waals surface area (Å²) in [6, 6.07) is 17.3. The molecule has 3 aromatic rings. The summed E-state index contributed by atoms with van der Waals surface area (Å²) in [6.07, 6.45) is 3.03. The Morgan fingerprint density at radius 1 is 0.900 bits per heavy atom. The first kappa shape index (κ1) is 18.2. The highest BCUT2D eigenvalue weighted by Gasteiger charge is 2.48. The second-order valence-electron chi connectivity index (χ2n) is 7.31. The highest BCUT2D eigenvalue weighted by molar-refractivity contribution is 5.75. The lowest BCUT2D eigenvalue weighted by Gasteiger charge is -2.48. The van der Waals surface area contributed by atoms with Crippen LogP contribution in [0, 0.1) is 0 Å². The molecule has 3 aliphatic heterocycles. The van der Waals surface area contributed by atoms with Gasteiger partial charge >= 0.3 is 17.4 Å². The van der Waals surface area contributed by atoms with E-state index >= 15 is 0 Å². The van der Waals surface area contributed by atoms with Crippen molar-refractivity contribution in [3.63, 3.8) is 0 Å². The number of hydrogen-bond donors (Lipinski definition) is 1. The van der Waals surface area contributed by atoms with Crippen LogP contribution >= 0.6 is 0 Å². The first-order chi connectivity index (χ1) is 14.6. The predicted octanol–water partition coefficient (Wildman–Crippen LogP) is 2.20. The lowest BCUT2D eigenvalue weighted by atomic mass is 9.92. The Morgan fingerprint density at radius 3 is 2.20 bits per heavy atom. The molecule has 152 valence electrons. The minimum absolute atomic E-state index is 0.274.